The van der Waals surface area contributed by atoms with Crippen molar-refractivity contribution in [2.75, 3.05) is 6.61 Å². The fourth-order valence-electron chi connectivity index (χ4n) is 1.92. The van der Waals surface area contributed by atoms with Gasteiger partial charge < -0.3 is 20.1 Å². The molecule has 0 spiro atoms. The Labute approximate surface area is 101 Å². The zero-order valence-electron chi connectivity index (χ0n) is 9.39. The second-order valence-corrected chi connectivity index (χ2v) is 4.12. The first-order valence-electron chi connectivity index (χ1n) is 5.47. The number of aromatic amines is 1. The minimum Gasteiger partial charge on any atom is -0.394 e. The standard InChI is InChI=1S/C10H14N2O6/c13-4-6-9(16)5(14)3-8(18-6)12-2-1-7(15)11-10(12)17/h1-2,5-6,8-9,13-14,16H,3-4H2,(H,11,15,17)/t5-,6+,8+,9+/m1/s1. The number of aromatic nitrogens is 2. The summed E-state index contributed by atoms with van der Waals surface area (Å²) < 4.78 is 6.40. The van der Waals surface area contributed by atoms with E-state index < -0.39 is 42.4 Å². The van der Waals surface area contributed by atoms with Crippen LogP contribution in [0.5, 0.6) is 0 Å². The number of hydrogen-bond acceptors (Lipinski definition) is 6. The number of aliphatic hydroxyl groups excluding tert-OH is 3. The van der Waals surface area contributed by atoms with E-state index in [-0.39, 0.29) is 6.42 Å². The van der Waals surface area contributed by atoms with Crippen LogP contribution in [-0.2, 0) is 4.74 Å². The van der Waals surface area contributed by atoms with E-state index >= 15 is 0 Å². The van der Waals surface area contributed by atoms with Crippen LogP contribution in [0.2, 0.25) is 0 Å². The molecule has 0 saturated carbocycles. The van der Waals surface area contributed by atoms with Gasteiger partial charge in [-0.3, -0.25) is 14.3 Å². The predicted molar refractivity (Wildman–Crippen MR) is 58.9 cm³/mol. The molecule has 1 aliphatic heterocycles. The number of rotatable bonds is 2. The van der Waals surface area contributed by atoms with E-state index in [1.807, 2.05) is 0 Å². The van der Waals surface area contributed by atoms with E-state index in [9.17, 15) is 19.8 Å². The van der Waals surface area contributed by atoms with Crippen LogP contribution in [0.4, 0.5) is 0 Å². The summed E-state index contributed by atoms with van der Waals surface area (Å²) in [5.41, 5.74) is -1.21. The summed E-state index contributed by atoms with van der Waals surface area (Å²) >= 11 is 0. The first kappa shape index (κ1) is 13.0. The topological polar surface area (TPSA) is 125 Å². The van der Waals surface area contributed by atoms with Crippen molar-refractivity contribution in [3.8, 4) is 0 Å². The molecule has 0 aliphatic carbocycles. The van der Waals surface area contributed by atoms with Crippen LogP contribution in [0.3, 0.4) is 0 Å². The van der Waals surface area contributed by atoms with Crippen molar-refractivity contribution in [2.24, 2.45) is 0 Å². The molecule has 2 rings (SSSR count). The quantitative estimate of drug-likeness (QED) is 0.466. The molecule has 0 unspecified atom stereocenters. The molecule has 8 heteroatoms. The van der Waals surface area contributed by atoms with E-state index in [1.54, 1.807) is 0 Å². The fraction of sp³-hybridized carbons (Fsp3) is 0.600. The fourth-order valence-corrected chi connectivity index (χ4v) is 1.92. The van der Waals surface area contributed by atoms with Gasteiger partial charge in [0.25, 0.3) is 5.56 Å². The highest BCUT2D eigenvalue weighted by atomic mass is 16.5. The SMILES string of the molecule is O=c1ccn([C@@H]2C[C@@H](O)[C@H](O)[C@H](CO)O2)c(=O)[nH]1. The maximum Gasteiger partial charge on any atom is 0.330 e. The van der Waals surface area contributed by atoms with Crippen LogP contribution >= 0.6 is 0 Å². The molecule has 1 aliphatic rings. The van der Waals surface area contributed by atoms with Gasteiger partial charge in [0.15, 0.2) is 0 Å². The zero-order chi connectivity index (χ0) is 13.3. The predicted octanol–water partition coefficient (Wildman–Crippen LogP) is -2.46. The highest BCUT2D eigenvalue weighted by Crippen LogP contribution is 2.26. The summed E-state index contributed by atoms with van der Waals surface area (Å²) in [7, 11) is 0. The molecule has 1 aromatic heterocycles. The molecule has 1 aromatic rings. The molecule has 4 N–H and O–H groups in total. The second kappa shape index (κ2) is 5.02. The first-order chi connectivity index (χ1) is 8.52. The Morgan fingerprint density at radius 1 is 1.44 bits per heavy atom. The van der Waals surface area contributed by atoms with E-state index in [4.69, 9.17) is 9.84 Å². The number of H-pyrrole nitrogens is 1. The van der Waals surface area contributed by atoms with Gasteiger partial charge in [-0.05, 0) is 0 Å². The van der Waals surface area contributed by atoms with E-state index in [1.165, 1.54) is 6.20 Å². The van der Waals surface area contributed by atoms with Gasteiger partial charge in [-0.15, -0.1) is 0 Å². The summed E-state index contributed by atoms with van der Waals surface area (Å²) in [6.45, 7) is -0.479. The minimum absolute atomic E-state index is 0.0103. The normalized spacial score (nSPS) is 32.4. The molecule has 4 atom stereocenters. The summed E-state index contributed by atoms with van der Waals surface area (Å²) in [5.74, 6) is 0. The van der Waals surface area contributed by atoms with Gasteiger partial charge in [-0.25, -0.2) is 4.79 Å². The van der Waals surface area contributed by atoms with Gasteiger partial charge in [0.05, 0.1) is 12.7 Å². The number of ether oxygens (including phenoxy) is 1. The second-order valence-electron chi connectivity index (χ2n) is 4.12. The van der Waals surface area contributed by atoms with Crippen LogP contribution in [0.25, 0.3) is 0 Å². The molecule has 0 radical (unpaired) electrons. The van der Waals surface area contributed by atoms with Crippen molar-refractivity contribution >= 4 is 0 Å². The molecule has 8 nitrogen and oxygen atoms in total. The number of hydrogen-bond donors (Lipinski definition) is 4. The molecule has 1 fully saturated rings. The van der Waals surface area contributed by atoms with Gasteiger partial charge in [-0.2, -0.15) is 0 Å². The van der Waals surface area contributed by atoms with Crippen molar-refractivity contribution < 1.29 is 20.1 Å². The summed E-state index contributed by atoms with van der Waals surface area (Å²) in [6.07, 6.45) is -2.90. The van der Waals surface area contributed by atoms with E-state index in [0.29, 0.717) is 0 Å². The molecule has 18 heavy (non-hydrogen) atoms. The van der Waals surface area contributed by atoms with Crippen LogP contribution < -0.4 is 11.2 Å². The smallest absolute Gasteiger partial charge is 0.330 e. The Balaban J connectivity index is 2.28. The highest BCUT2D eigenvalue weighted by molar-refractivity contribution is 4.89. The maximum atomic E-state index is 11.5. The summed E-state index contributed by atoms with van der Waals surface area (Å²) in [6, 6.07) is 1.15. The van der Waals surface area contributed by atoms with E-state index in [0.717, 1.165) is 10.6 Å². The largest absolute Gasteiger partial charge is 0.394 e. The number of nitrogens with zero attached hydrogens (tertiary/aromatic N) is 1. The third-order valence-corrected chi connectivity index (χ3v) is 2.89. The Morgan fingerprint density at radius 2 is 2.17 bits per heavy atom. The van der Waals surface area contributed by atoms with Crippen molar-refractivity contribution in [3.05, 3.63) is 33.1 Å². The van der Waals surface area contributed by atoms with Gasteiger partial charge in [0, 0.05) is 18.7 Å². The molecule has 0 bridgehead atoms. The maximum absolute atomic E-state index is 11.5. The molecule has 1 saturated heterocycles. The first-order valence-corrected chi connectivity index (χ1v) is 5.47. The highest BCUT2D eigenvalue weighted by Gasteiger charge is 2.37. The van der Waals surface area contributed by atoms with Gasteiger partial charge in [0.1, 0.15) is 18.4 Å². The van der Waals surface area contributed by atoms with Crippen molar-refractivity contribution in [1.82, 2.24) is 9.55 Å². The van der Waals surface area contributed by atoms with Gasteiger partial charge in [-0.1, -0.05) is 0 Å². The lowest BCUT2D eigenvalue weighted by molar-refractivity contribution is -0.202. The Kier molecular flexibility index (Phi) is 3.62. The monoisotopic (exact) mass is 258 g/mol. The third kappa shape index (κ3) is 2.36. The molecular weight excluding hydrogens is 244 g/mol. The molecular formula is C10H14N2O6. The Bertz CT molecular complexity index is 524. The number of nitrogens with one attached hydrogen (secondary N) is 1. The van der Waals surface area contributed by atoms with Crippen LogP contribution in [0, 0.1) is 0 Å². The Morgan fingerprint density at radius 3 is 2.78 bits per heavy atom. The zero-order valence-corrected chi connectivity index (χ0v) is 9.39. The van der Waals surface area contributed by atoms with E-state index in [2.05, 4.69) is 4.98 Å². The lowest BCUT2D eigenvalue weighted by atomic mass is 10.0. The van der Waals surface area contributed by atoms with Gasteiger partial charge >= 0.3 is 5.69 Å². The molecule has 0 aromatic carbocycles. The third-order valence-electron chi connectivity index (χ3n) is 2.89. The van der Waals surface area contributed by atoms with Crippen LogP contribution in [-0.4, -0.2) is 49.8 Å². The average Bonchev–Trinajstić information content (AvgIpc) is 2.32. The average molecular weight is 258 g/mol. The van der Waals surface area contributed by atoms with Crippen molar-refractivity contribution in [1.29, 1.82) is 0 Å². The summed E-state index contributed by atoms with van der Waals surface area (Å²) in [5, 5.41) is 28.2. The molecule has 0 amide bonds. The minimum atomic E-state index is -1.20. The number of aliphatic hydroxyl groups is 3. The Hall–Kier alpha value is -1.48. The van der Waals surface area contributed by atoms with Crippen LogP contribution in [0.15, 0.2) is 21.9 Å². The molecule has 2 heterocycles. The summed E-state index contributed by atoms with van der Waals surface area (Å²) in [4.78, 5) is 24.5. The van der Waals surface area contributed by atoms with Crippen molar-refractivity contribution in [3.63, 3.8) is 0 Å². The molecule has 100 valence electrons. The lowest BCUT2D eigenvalue weighted by Crippen LogP contribution is -2.50. The lowest BCUT2D eigenvalue weighted by Gasteiger charge is -2.36. The van der Waals surface area contributed by atoms with Gasteiger partial charge in [0.2, 0.25) is 0 Å². The van der Waals surface area contributed by atoms with Crippen LogP contribution in [0.1, 0.15) is 12.6 Å². The van der Waals surface area contributed by atoms with Crippen molar-refractivity contribution in [2.45, 2.75) is 31.0 Å².